The minimum atomic E-state index is -0.202. The van der Waals surface area contributed by atoms with Gasteiger partial charge in [0.1, 0.15) is 0 Å². The van der Waals surface area contributed by atoms with Crippen LogP contribution in [0.3, 0.4) is 0 Å². The number of fused-ring (bicyclic) bond motifs is 1. The number of rotatable bonds is 16. The van der Waals surface area contributed by atoms with Gasteiger partial charge < -0.3 is 19.5 Å². The Balaban J connectivity index is 1.75. The molecule has 0 spiro atoms. The molecule has 2 heterocycles. The molecule has 0 saturated carbocycles. The molecular formula is C28H47N5O2. The average Bonchev–Trinajstić information content (AvgIpc) is 3.22. The Hall–Kier alpha value is -2.12. The van der Waals surface area contributed by atoms with Gasteiger partial charge in [0, 0.05) is 19.6 Å². The molecule has 0 amide bonds. The molecule has 0 aliphatic carbocycles. The molecule has 0 unspecified atom stereocenters. The number of ether oxygens (including phenoxy) is 1. The molecule has 1 aromatic carbocycles. The van der Waals surface area contributed by atoms with Crippen molar-refractivity contribution in [3.8, 4) is 0 Å². The number of methoxy groups -OCH3 is 1. The van der Waals surface area contributed by atoms with E-state index in [-0.39, 0.29) is 5.97 Å². The van der Waals surface area contributed by atoms with Crippen molar-refractivity contribution in [3.05, 3.63) is 23.8 Å². The third-order valence-electron chi connectivity index (χ3n) is 7.02. The molecule has 0 atom stereocenters. The number of anilines is 1. The van der Waals surface area contributed by atoms with Gasteiger partial charge in [0.2, 0.25) is 5.95 Å². The zero-order valence-corrected chi connectivity index (χ0v) is 22.4. The fraction of sp³-hybridized carbons (Fsp3) is 0.714. The third-order valence-corrected chi connectivity index (χ3v) is 7.02. The second-order valence-electron chi connectivity index (χ2n) is 9.90. The highest BCUT2D eigenvalue weighted by Crippen LogP contribution is 2.23. The lowest BCUT2D eigenvalue weighted by Crippen LogP contribution is -2.31. The molecule has 0 radical (unpaired) electrons. The monoisotopic (exact) mass is 485 g/mol. The number of likely N-dealkylation sites (tertiary alicyclic amines) is 1. The van der Waals surface area contributed by atoms with Crippen LogP contribution in [0.25, 0.3) is 11.0 Å². The maximum Gasteiger partial charge on any atom is 0.307 e. The predicted molar refractivity (Wildman–Crippen MR) is 145 cm³/mol. The van der Waals surface area contributed by atoms with Crippen molar-refractivity contribution in [2.24, 2.45) is 0 Å². The first-order chi connectivity index (χ1) is 17.1. The van der Waals surface area contributed by atoms with Crippen LogP contribution in [0.4, 0.5) is 5.95 Å². The largest absolute Gasteiger partial charge is 0.469 e. The topological polar surface area (TPSA) is 62.6 Å². The summed E-state index contributed by atoms with van der Waals surface area (Å²) in [4.78, 5) is 21.7. The van der Waals surface area contributed by atoms with E-state index >= 15 is 0 Å². The summed E-state index contributed by atoms with van der Waals surface area (Å²) in [6.07, 6.45) is 10.4. The van der Waals surface area contributed by atoms with E-state index in [1.807, 2.05) is 0 Å². The number of piperidine rings is 1. The highest BCUT2D eigenvalue weighted by molar-refractivity contribution is 5.79. The van der Waals surface area contributed by atoms with Crippen LogP contribution in [0.5, 0.6) is 0 Å². The Morgan fingerprint density at radius 3 is 2.49 bits per heavy atom. The first kappa shape index (κ1) is 27.5. The van der Waals surface area contributed by atoms with Gasteiger partial charge in [0.25, 0.3) is 0 Å². The fourth-order valence-electron chi connectivity index (χ4n) is 4.93. The van der Waals surface area contributed by atoms with Crippen LogP contribution >= 0.6 is 0 Å². The van der Waals surface area contributed by atoms with E-state index < -0.39 is 0 Å². The summed E-state index contributed by atoms with van der Waals surface area (Å²) in [6, 6.07) is 6.73. The summed E-state index contributed by atoms with van der Waals surface area (Å²) in [5.41, 5.74) is 3.55. The molecule has 1 aliphatic rings. The number of nitrogens with one attached hydrogen (secondary N) is 1. The number of carbonyl (C=O) groups excluding carboxylic acids is 1. The standard InChI is InChI=1S/C28H47N5O2/c1-4-6-16-32(17-7-5-2)23-24-12-13-25-26(22-24)33(21-11-20-31-18-9-8-10-19-31)28(30-25)29-15-14-27(34)35-3/h12-13,22H,4-11,14-21,23H2,1-3H3,(H,29,30). The number of hydrogen-bond donors (Lipinski definition) is 1. The SMILES string of the molecule is CCCCN(CCCC)Cc1ccc2nc(NCCC(=O)OC)n(CCCN3CCCCC3)c2c1. The number of esters is 1. The van der Waals surface area contributed by atoms with Gasteiger partial charge in [-0.05, 0) is 82.5 Å². The van der Waals surface area contributed by atoms with E-state index in [4.69, 9.17) is 9.72 Å². The number of aryl methyl sites for hydroxylation is 1. The van der Waals surface area contributed by atoms with Crippen LogP contribution in [-0.2, 0) is 22.6 Å². The number of aromatic nitrogens is 2. The summed E-state index contributed by atoms with van der Waals surface area (Å²) < 4.78 is 7.12. The van der Waals surface area contributed by atoms with Crippen LogP contribution in [0.15, 0.2) is 18.2 Å². The Bertz CT molecular complexity index is 883. The molecule has 0 bridgehead atoms. The summed E-state index contributed by atoms with van der Waals surface area (Å²) in [6.45, 7) is 12.9. The molecule has 3 rings (SSSR count). The van der Waals surface area contributed by atoms with Gasteiger partial charge in [-0.2, -0.15) is 0 Å². The maximum atomic E-state index is 11.6. The van der Waals surface area contributed by atoms with E-state index in [1.165, 1.54) is 76.2 Å². The maximum absolute atomic E-state index is 11.6. The first-order valence-electron chi connectivity index (χ1n) is 13.9. The van der Waals surface area contributed by atoms with Crippen LogP contribution < -0.4 is 5.32 Å². The highest BCUT2D eigenvalue weighted by atomic mass is 16.5. The number of carbonyl (C=O) groups is 1. The quantitative estimate of drug-likeness (QED) is 0.326. The Labute approximate surface area is 212 Å². The molecule has 196 valence electrons. The van der Waals surface area contributed by atoms with Crippen molar-refractivity contribution in [1.82, 2.24) is 19.4 Å². The summed E-state index contributed by atoms with van der Waals surface area (Å²) >= 11 is 0. The summed E-state index contributed by atoms with van der Waals surface area (Å²) in [5.74, 6) is 0.653. The van der Waals surface area contributed by atoms with Gasteiger partial charge in [-0.15, -0.1) is 0 Å². The van der Waals surface area contributed by atoms with Gasteiger partial charge in [0.05, 0.1) is 24.6 Å². The minimum Gasteiger partial charge on any atom is -0.469 e. The molecule has 1 N–H and O–H groups in total. The van der Waals surface area contributed by atoms with E-state index in [0.29, 0.717) is 13.0 Å². The van der Waals surface area contributed by atoms with Crippen molar-refractivity contribution < 1.29 is 9.53 Å². The third kappa shape index (κ3) is 8.80. The normalized spacial score (nSPS) is 14.6. The second-order valence-corrected chi connectivity index (χ2v) is 9.90. The second kappa shape index (κ2) is 15.1. The Kier molecular flexibility index (Phi) is 11.8. The molecule has 1 saturated heterocycles. The Morgan fingerprint density at radius 1 is 1.06 bits per heavy atom. The van der Waals surface area contributed by atoms with Gasteiger partial charge in [-0.3, -0.25) is 9.69 Å². The van der Waals surface area contributed by atoms with Crippen molar-refractivity contribution in [2.45, 2.75) is 84.7 Å². The average molecular weight is 486 g/mol. The van der Waals surface area contributed by atoms with Crippen LogP contribution in [-0.4, -0.2) is 71.7 Å². The molecular weight excluding hydrogens is 438 g/mol. The number of nitrogens with zero attached hydrogens (tertiary/aromatic N) is 4. The zero-order valence-electron chi connectivity index (χ0n) is 22.4. The van der Waals surface area contributed by atoms with Crippen molar-refractivity contribution in [2.75, 3.05) is 51.7 Å². The number of unbranched alkanes of at least 4 members (excludes halogenated alkanes) is 2. The van der Waals surface area contributed by atoms with Crippen LogP contribution in [0.2, 0.25) is 0 Å². The lowest BCUT2D eigenvalue weighted by atomic mass is 10.1. The predicted octanol–water partition coefficient (Wildman–Crippen LogP) is 5.29. The lowest BCUT2D eigenvalue weighted by molar-refractivity contribution is -0.140. The zero-order chi connectivity index (χ0) is 24.9. The number of hydrogen-bond acceptors (Lipinski definition) is 6. The number of imidazole rings is 1. The molecule has 7 heteroatoms. The van der Waals surface area contributed by atoms with Gasteiger partial charge >= 0.3 is 5.97 Å². The molecule has 7 nitrogen and oxygen atoms in total. The molecule has 1 aliphatic heterocycles. The highest BCUT2D eigenvalue weighted by Gasteiger charge is 2.15. The van der Waals surface area contributed by atoms with E-state index in [9.17, 15) is 4.79 Å². The smallest absolute Gasteiger partial charge is 0.307 e. The van der Waals surface area contributed by atoms with E-state index in [1.54, 1.807) is 0 Å². The molecule has 35 heavy (non-hydrogen) atoms. The summed E-state index contributed by atoms with van der Waals surface area (Å²) in [5, 5.41) is 3.40. The van der Waals surface area contributed by atoms with Gasteiger partial charge in [-0.1, -0.05) is 39.2 Å². The minimum absolute atomic E-state index is 0.202. The molecule has 1 aromatic heterocycles. The van der Waals surface area contributed by atoms with Crippen molar-refractivity contribution in [1.29, 1.82) is 0 Å². The fourth-order valence-corrected chi connectivity index (χ4v) is 4.93. The van der Waals surface area contributed by atoms with E-state index in [2.05, 4.69) is 51.7 Å². The van der Waals surface area contributed by atoms with Gasteiger partial charge in [0.15, 0.2) is 0 Å². The first-order valence-corrected chi connectivity index (χ1v) is 13.9. The lowest BCUT2D eigenvalue weighted by Gasteiger charge is -2.26. The number of benzene rings is 1. The van der Waals surface area contributed by atoms with Crippen molar-refractivity contribution >= 4 is 23.0 Å². The Morgan fingerprint density at radius 2 is 1.80 bits per heavy atom. The van der Waals surface area contributed by atoms with Crippen LogP contribution in [0, 0.1) is 0 Å². The summed E-state index contributed by atoms with van der Waals surface area (Å²) in [7, 11) is 1.43. The van der Waals surface area contributed by atoms with E-state index in [0.717, 1.165) is 50.6 Å². The van der Waals surface area contributed by atoms with Crippen LogP contribution in [0.1, 0.15) is 77.2 Å². The van der Waals surface area contributed by atoms with Gasteiger partial charge in [-0.25, -0.2) is 4.98 Å². The van der Waals surface area contributed by atoms with Crippen molar-refractivity contribution in [3.63, 3.8) is 0 Å². The molecule has 1 fully saturated rings. The molecule has 2 aromatic rings.